The van der Waals surface area contributed by atoms with Gasteiger partial charge in [0.25, 0.3) is 0 Å². The first-order chi connectivity index (χ1) is 12.8. The third kappa shape index (κ3) is 4.21. The second-order valence-corrected chi connectivity index (χ2v) is 8.21. The molecule has 0 fully saturated rings. The van der Waals surface area contributed by atoms with Crippen molar-refractivity contribution in [3.63, 3.8) is 0 Å². The second kappa shape index (κ2) is 7.55. The maximum atomic E-state index is 13.0. The fraction of sp³-hybridized carbons (Fsp3) is 0.391. The summed E-state index contributed by atoms with van der Waals surface area (Å²) in [6.45, 7) is 9.27. The molecule has 2 aromatic carbocycles. The van der Waals surface area contributed by atoms with Crippen LogP contribution in [0.1, 0.15) is 44.4 Å². The van der Waals surface area contributed by atoms with Crippen LogP contribution in [0.25, 0.3) is 0 Å². The summed E-state index contributed by atoms with van der Waals surface area (Å²) in [4.78, 5) is 28.9. The molecule has 0 N–H and O–H groups in total. The molecule has 0 atom stereocenters. The number of benzene rings is 2. The monoisotopic (exact) mass is 364 g/mol. The van der Waals surface area contributed by atoms with Crippen molar-refractivity contribution in [1.82, 2.24) is 4.90 Å². The number of carbonyl (C=O) groups excluding carboxylic acids is 2. The van der Waals surface area contributed by atoms with Crippen LogP contribution in [-0.2, 0) is 28.0 Å². The fourth-order valence-corrected chi connectivity index (χ4v) is 3.65. The molecule has 2 aromatic rings. The van der Waals surface area contributed by atoms with E-state index in [2.05, 4.69) is 32.9 Å². The van der Waals surface area contributed by atoms with Crippen molar-refractivity contribution in [3.8, 4) is 0 Å². The molecule has 1 heterocycles. The number of nitrogens with zero attached hydrogens (tertiary/aromatic N) is 2. The first-order valence-electron chi connectivity index (χ1n) is 9.49. The summed E-state index contributed by atoms with van der Waals surface area (Å²) in [5, 5.41) is 0. The van der Waals surface area contributed by atoms with Crippen molar-refractivity contribution in [2.24, 2.45) is 0 Å². The molecule has 3 rings (SSSR count). The number of para-hydroxylation sites is 1. The largest absolute Gasteiger partial charge is 0.336 e. The topological polar surface area (TPSA) is 40.6 Å². The normalized spacial score (nSPS) is 13.9. The maximum Gasteiger partial charge on any atom is 0.242 e. The Morgan fingerprint density at radius 1 is 1.00 bits per heavy atom. The zero-order valence-electron chi connectivity index (χ0n) is 16.7. The van der Waals surface area contributed by atoms with Crippen LogP contribution in [0.3, 0.4) is 0 Å². The lowest BCUT2D eigenvalue weighted by molar-refractivity contribution is -0.132. The molecular formula is C23H28N2O2. The third-order valence-electron chi connectivity index (χ3n) is 5.16. The number of anilines is 1. The molecule has 1 aliphatic rings. The van der Waals surface area contributed by atoms with Gasteiger partial charge in [0.1, 0.15) is 6.54 Å². The molecule has 0 spiro atoms. The number of fused-ring (bicyclic) bond motifs is 1. The average Bonchev–Trinajstić information content (AvgIpc) is 2.64. The van der Waals surface area contributed by atoms with E-state index in [1.54, 1.807) is 4.90 Å². The number of carbonyl (C=O) groups is 2. The van der Waals surface area contributed by atoms with Crippen LogP contribution in [0.2, 0.25) is 0 Å². The summed E-state index contributed by atoms with van der Waals surface area (Å²) in [7, 11) is 0. The lowest BCUT2D eigenvalue weighted by Gasteiger charge is -2.33. The average molecular weight is 364 g/mol. The van der Waals surface area contributed by atoms with Crippen molar-refractivity contribution in [3.05, 3.63) is 65.2 Å². The van der Waals surface area contributed by atoms with Gasteiger partial charge in [-0.05, 0) is 34.6 Å². The molecule has 1 aliphatic heterocycles. The molecule has 4 heteroatoms. The Morgan fingerprint density at radius 3 is 2.30 bits per heavy atom. The zero-order valence-corrected chi connectivity index (χ0v) is 16.7. The van der Waals surface area contributed by atoms with Crippen LogP contribution in [0.15, 0.2) is 48.5 Å². The van der Waals surface area contributed by atoms with Crippen molar-refractivity contribution in [1.29, 1.82) is 0 Å². The van der Waals surface area contributed by atoms with E-state index in [4.69, 9.17) is 0 Å². The highest BCUT2D eigenvalue weighted by Gasteiger charge is 2.27. The van der Waals surface area contributed by atoms with Crippen molar-refractivity contribution in [2.45, 2.75) is 46.1 Å². The molecule has 27 heavy (non-hydrogen) atoms. The SMILES string of the molecule is CC(=O)N(CC(=O)N1CCc2ccccc2C1)c1ccccc1C(C)(C)C. The Bertz CT molecular complexity index is 851. The van der Waals surface area contributed by atoms with E-state index in [1.807, 2.05) is 41.3 Å². The zero-order chi connectivity index (χ0) is 19.6. The molecule has 2 amide bonds. The van der Waals surface area contributed by atoms with Crippen molar-refractivity contribution in [2.75, 3.05) is 18.0 Å². The standard InChI is InChI=1S/C23H28N2O2/c1-17(26)25(21-12-8-7-11-20(21)23(2,3)4)16-22(27)24-14-13-18-9-5-6-10-19(18)15-24/h5-12H,13-16H2,1-4H3. The minimum absolute atomic E-state index is 0.0107. The molecule has 4 nitrogen and oxygen atoms in total. The van der Waals surface area contributed by atoms with Gasteiger partial charge in [-0.15, -0.1) is 0 Å². The van der Waals surface area contributed by atoms with Crippen LogP contribution >= 0.6 is 0 Å². The van der Waals surface area contributed by atoms with Gasteiger partial charge in [0.05, 0.1) is 0 Å². The van der Waals surface area contributed by atoms with Gasteiger partial charge in [-0.2, -0.15) is 0 Å². The Morgan fingerprint density at radius 2 is 1.63 bits per heavy atom. The fourth-order valence-electron chi connectivity index (χ4n) is 3.65. The van der Waals surface area contributed by atoms with Crippen LogP contribution in [0.5, 0.6) is 0 Å². The Hall–Kier alpha value is -2.62. The van der Waals surface area contributed by atoms with Gasteiger partial charge in [0.15, 0.2) is 0 Å². The predicted molar refractivity (Wildman–Crippen MR) is 109 cm³/mol. The van der Waals surface area contributed by atoms with Gasteiger partial charge >= 0.3 is 0 Å². The van der Waals surface area contributed by atoms with Crippen LogP contribution in [-0.4, -0.2) is 29.8 Å². The molecule has 0 radical (unpaired) electrons. The van der Waals surface area contributed by atoms with Crippen LogP contribution in [0.4, 0.5) is 5.69 Å². The Balaban J connectivity index is 1.82. The van der Waals surface area contributed by atoms with Gasteiger partial charge in [-0.25, -0.2) is 0 Å². The van der Waals surface area contributed by atoms with Crippen LogP contribution in [0, 0.1) is 0 Å². The summed E-state index contributed by atoms with van der Waals surface area (Å²) in [5.74, 6) is -0.124. The summed E-state index contributed by atoms with van der Waals surface area (Å²) >= 11 is 0. The lowest BCUT2D eigenvalue weighted by Crippen LogP contribution is -2.44. The van der Waals surface area contributed by atoms with E-state index in [0.717, 1.165) is 17.7 Å². The summed E-state index contributed by atoms with van der Waals surface area (Å²) < 4.78 is 0. The highest BCUT2D eigenvalue weighted by molar-refractivity contribution is 5.98. The highest BCUT2D eigenvalue weighted by Crippen LogP contribution is 2.32. The first-order valence-corrected chi connectivity index (χ1v) is 9.49. The number of hydrogen-bond donors (Lipinski definition) is 0. The molecule has 0 bridgehead atoms. The number of amides is 2. The van der Waals surface area contributed by atoms with E-state index in [0.29, 0.717) is 13.1 Å². The Labute approximate surface area is 161 Å². The van der Waals surface area contributed by atoms with E-state index in [-0.39, 0.29) is 23.8 Å². The van der Waals surface area contributed by atoms with Gasteiger partial charge in [0, 0.05) is 25.7 Å². The van der Waals surface area contributed by atoms with Gasteiger partial charge < -0.3 is 9.80 Å². The second-order valence-electron chi connectivity index (χ2n) is 8.21. The summed E-state index contributed by atoms with van der Waals surface area (Å²) in [6.07, 6.45) is 0.862. The summed E-state index contributed by atoms with van der Waals surface area (Å²) in [5.41, 5.74) is 4.28. The van der Waals surface area contributed by atoms with Gasteiger partial charge in [-0.1, -0.05) is 63.2 Å². The van der Waals surface area contributed by atoms with Gasteiger partial charge in [0.2, 0.25) is 11.8 Å². The Kier molecular flexibility index (Phi) is 5.36. The lowest BCUT2D eigenvalue weighted by atomic mass is 9.85. The van der Waals surface area contributed by atoms with Crippen LogP contribution < -0.4 is 4.90 Å². The highest BCUT2D eigenvalue weighted by atomic mass is 16.2. The van der Waals surface area contributed by atoms with Crippen molar-refractivity contribution >= 4 is 17.5 Å². The quantitative estimate of drug-likeness (QED) is 0.828. The third-order valence-corrected chi connectivity index (χ3v) is 5.16. The molecular weight excluding hydrogens is 336 g/mol. The molecule has 142 valence electrons. The summed E-state index contributed by atoms with van der Waals surface area (Å²) in [6, 6.07) is 16.1. The smallest absolute Gasteiger partial charge is 0.242 e. The minimum Gasteiger partial charge on any atom is -0.336 e. The molecule has 0 saturated carbocycles. The van der Waals surface area contributed by atoms with E-state index in [1.165, 1.54) is 18.1 Å². The van der Waals surface area contributed by atoms with E-state index < -0.39 is 0 Å². The van der Waals surface area contributed by atoms with Crippen molar-refractivity contribution < 1.29 is 9.59 Å². The molecule has 0 unspecified atom stereocenters. The molecule has 0 aromatic heterocycles. The number of hydrogen-bond acceptors (Lipinski definition) is 2. The number of rotatable bonds is 3. The minimum atomic E-state index is -0.114. The molecule has 0 saturated heterocycles. The molecule has 0 aliphatic carbocycles. The van der Waals surface area contributed by atoms with E-state index in [9.17, 15) is 9.59 Å². The first kappa shape index (κ1) is 19.2. The van der Waals surface area contributed by atoms with Gasteiger partial charge in [-0.3, -0.25) is 9.59 Å². The maximum absolute atomic E-state index is 13.0. The predicted octanol–water partition coefficient (Wildman–Crippen LogP) is 3.92. The van der Waals surface area contributed by atoms with E-state index >= 15 is 0 Å².